The van der Waals surface area contributed by atoms with Crippen LogP contribution in [0.1, 0.15) is 23.7 Å². The van der Waals surface area contributed by atoms with Crippen molar-refractivity contribution in [1.82, 2.24) is 19.5 Å². The van der Waals surface area contributed by atoms with Crippen molar-refractivity contribution in [3.63, 3.8) is 0 Å². The van der Waals surface area contributed by atoms with Gasteiger partial charge in [0.1, 0.15) is 4.90 Å². The fourth-order valence-electron chi connectivity index (χ4n) is 2.19. The van der Waals surface area contributed by atoms with Crippen LogP contribution in [0.4, 0.5) is 0 Å². The molecule has 1 aromatic carbocycles. The van der Waals surface area contributed by atoms with Crippen LogP contribution in [-0.2, 0) is 26.1 Å². The first-order valence-electron chi connectivity index (χ1n) is 7.81. The number of nitrogens with one attached hydrogen (secondary N) is 2. The van der Waals surface area contributed by atoms with E-state index in [1.54, 1.807) is 6.92 Å². The third kappa shape index (κ3) is 4.73. The maximum atomic E-state index is 12.4. The molecule has 0 aliphatic rings. The van der Waals surface area contributed by atoms with Gasteiger partial charge in [-0.15, -0.1) is 5.10 Å². The quantitative estimate of drug-likeness (QED) is 0.573. The van der Waals surface area contributed by atoms with Crippen molar-refractivity contribution in [2.75, 3.05) is 13.7 Å². The summed E-state index contributed by atoms with van der Waals surface area (Å²) in [5, 5.41) is 5.83. The molecular formula is C15H18N4O7S. The highest BCUT2D eigenvalue weighted by Crippen LogP contribution is 2.16. The molecule has 2 N–H and O–H groups in total. The Morgan fingerprint density at radius 1 is 1.30 bits per heavy atom. The molecule has 0 atom stereocenters. The largest absolute Gasteiger partial charge is 0.465 e. The number of sulfonamides is 1. The second-order valence-corrected chi connectivity index (χ2v) is 6.81. The fourth-order valence-corrected chi connectivity index (χ4v) is 3.40. The standard InChI is InChI=1S/C15H18N4O7S/c1-3-26-15-17-16-14(22)19(15)9-8-12(20)18-27(23,24)11-7-5-4-6-10(11)13(21)25-2/h4-7H,3,8-9H2,1-2H3,(H,16,22)(H,18,20). The minimum Gasteiger partial charge on any atom is -0.465 e. The van der Waals surface area contributed by atoms with Crippen LogP contribution in [-0.4, -0.2) is 48.8 Å². The lowest BCUT2D eigenvalue weighted by Gasteiger charge is -2.10. The molecule has 0 radical (unpaired) electrons. The summed E-state index contributed by atoms with van der Waals surface area (Å²) in [6, 6.07) is 5.31. The summed E-state index contributed by atoms with van der Waals surface area (Å²) in [6.07, 6.45) is -0.334. The summed E-state index contributed by atoms with van der Waals surface area (Å²) in [5.41, 5.74) is -0.796. The van der Waals surface area contributed by atoms with Gasteiger partial charge in [-0.1, -0.05) is 12.1 Å². The van der Waals surface area contributed by atoms with E-state index in [0.717, 1.165) is 11.7 Å². The molecule has 1 aromatic heterocycles. The molecule has 146 valence electrons. The van der Waals surface area contributed by atoms with Crippen molar-refractivity contribution in [2.45, 2.75) is 24.8 Å². The molecule has 2 rings (SSSR count). The summed E-state index contributed by atoms with van der Waals surface area (Å²) in [5.74, 6) is -1.72. The number of carbonyl (C=O) groups is 2. The predicted molar refractivity (Wildman–Crippen MR) is 91.7 cm³/mol. The van der Waals surface area contributed by atoms with Gasteiger partial charge in [-0.2, -0.15) is 0 Å². The third-order valence-corrected chi connectivity index (χ3v) is 4.82. The number of H-pyrrole nitrogens is 1. The maximum Gasteiger partial charge on any atom is 0.346 e. The van der Waals surface area contributed by atoms with E-state index in [1.165, 1.54) is 24.3 Å². The second-order valence-electron chi connectivity index (χ2n) is 5.16. The molecule has 0 spiro atoms. The van der Waals surface area contributed by atoms with E-state index >= 15 is 0 Å². The zero-order chi connectivity index (χ0) is 20.0. The number of hydrogen-bond acceptors (Lipinski definition) is 8. The molecule has 0 aliphatic heterocycles. The summed E-state index contributed by atoms with van der Waals surface area (Å²) >= 11 is 0. The number of aromatic amines is 1. The first kappa shape index (κ1) is 20.2. The minimum absolute atomic E-state index is 0.00538. The predicted octanol–water partition coefficient (Wildman–Crippen LogP) is -0.348. The number of rotatable bonds is 8. The van der Waals surface area contributed by atoms with Crippen molar-refractivity contribution >= 4 is 21.9 Å². The van der Waals surface area contributed by atoms with Crippen molar-refractivity contribution in [1.29, 1.82) is 0 Å². The van der Waals surface area contributed by atoms with Crippen LogP contribution in [0.5, 0.6) is 6.01 Å². The molecule has 1 amide bonds. The van der Waals surface area contributed by atoms with Crippen LogP contribution in [0, 0.1) is 0 Å². The molecule has 11 nitrogen and oxygen atoms in total. The number of carbonyl (C=O) groups excluding carboxylic acids is 2. The number of methoxy groups -OCH3 is 1. The van der Waals surface area contributed by atoms with E-state index < -0.39 is 27.6 Å². The Bertz CT molecular complexity index is 994. The Hall–Kier alpha value is -3.15. The molecule has 0 bridgehead atoms. The molecule has 2 aromatic rings. The number of hydrogen-bond donors (Lipinski definition) is 2. The number of aromatic nitrogens is 3. The Balaban J connectivity index is 2.13. The fraction of sp³-hybridized carbons (Fsp3) is 0.333. The Kier molecular flexibility index (Phi) is 6.34. The van der Waals surface area contributed by atoms with Gasteiger partial charge in [0.05, 0.1) is 19.3 Å². The topological polar surface area (TPSA) is 149 Å². The van der Waals surface area contributed by atoms with Crippen molar-refractivity contribution in [3.05, 3.63) is 40.3 Å². The summed E-state index contributed by atoms with van der Waals surface area (Å²) in [6.45, 7) is 1.81. The number of nitrogens with zero attached hydrogens (tertiary/aromatic N) is 2. The summed E-state index contributed by atoms with van der Waals surface area (Å²) in [4.78, 5) is 35.0. The van der Waals surface area contributed by atoms with Crippen LogP contribution in [0.25, 0.3) is 0 Å². The Morgan fingerprint density at radius 2 is 2.00 bits per heavy atom. The highest BCUT2D eigenvalue weighted by Gasteiger charge is 2.24. The van der Waals surface area contributed by atoms with Gasteiger partial charge in [0.2, 0.25) is 5.91 Å². The number of benzene rings is 1. The summed E-state index contributed by atoms with van der Waals surface area (Å²) in [7, 11) is -3.20. The smallest absolute Gasteiger partial charge is 0.346 e. The van der Waals surface area contributed by atoms with Gasteiger partial charge in [0, 0.05) is 13.0 Å². The van der Waals surface area contributed by atoms with Gasteiger partial charge in [0.25, 0.3) is 10.0 Å². The lowest BCUT2D eigenvalue weighted by atomic mass is 10.2. The molecular weight excluding hydrogens is 380 g/mol. The highest BCUT2D eigenvalue weighted by molar-refractivity contribution is 7.90. The van der Waals surface area contributed by atoms with E-state index in [1.807, 2.05) is 4.72 Å². The van der Waals surface area contributed by atoms with E-state index in [4.69, 9.17) is 4.74 Å². The molecule has 0 fully saturated rings. The SMILES string of the molecule is CCOc1n[nH]c(=O)n1CCC(=O)NS(=O)(=O)c1ccccc1C(=O)OC. The minimum atomic E-state index is -4.31. The number of ether oxygens (including phenoxy) is 2. The van der Waals surface area contributed by atoms with Crippen LogP contribution in [0.3, 0.4) is 0 Å². The summed E-state index contributed by atoms with van der Waals surface area (Å²) < 4.78 is 37.5. The zero-order valence-corrected chi connectivity index (χ0v) is 15.4. The van der Waals surface area contributed by atoms with Crippen LogP contribution < -0.4 is 15.1 Å². The van der Waals surface area contributed by atoms with Gasteiger partial charge >= 0.3 is 17.7 Å². The van der Waals surface area contributed by atoms with E-state index in [-0.39, 0.29) is 36.0 Å². The van der Waals surface area contributed by atoms with Crippen LogP contribution in [0.2, 0.25) is 0 Å². The van der Waals surface area contributed by atoms with Crippen molar-refractivity contribution in [2.24, 2.45) is 0 Å². The number of esters is 1. The molecule has 0 saturated carbocycles. The second kappa shape index (κ2) is 8.49. The average Bonchev–Trinajstić information content (AvgIpc) is 2.99. The lowest BCUT2D eigenvalue weighted by Crippen LogP contribution is -2.33. The molecule has 0 aliphatic carbocycles. The van der Waals surface area contributed by atoms with Gasteiger partial charge in [-0.3, -0.25) is 4.79 Å². The Morgan fingerprint density at radius 3 is 2.67 bits per heavy atom. The highest BCUT2D eigenvalue weighted by atomic mass is 32.2. The Labute approximate surface area is 154 Å². The molecule has 0 unspecified atom stereocenters. The average molecular weight is 398 g/mol. The first-order valence-corrected chi connectivity index (χ1v) is 9.29. The molecule has 0 saturated heterocycles. The van der Waals surface area contributed by atoms with Crippen molar-refractivity contribution in [3.8, 4) is 6.01 Å². The molecule has 1 heterocycles. The molecule has 27 heavy (non-hydrogen) atoms. The van der Waals surface area contributed by atoms with Crippen LogP contribution >= 0.6 is 0 Å². The maximum absolute atomic E-state index is 12.4. The monoisotopic (exact) mass is 398 g/mol. The zero-order valence-electron chi connectivity index (χ0n) is 14.6. The normalized spacial score (nSPS) is 11.0. The third-order valence-electron chi connectivity index (χ3n) is 3.39. The lowest BCUT2D eigenvalue weighted by molar-refractivity contribution is -0.119. The van der Waals surface area contributed by atoms with Gasteiger partial charge in [0.15, 0.2) is 0 Å². The first-order chi connectivity index (χ1) is 12.8. The number of amides is 1. The van der Waals surface area contributed by atoms with Gasteiger partial charge in [-0.05, 0) is 19.1 Å². The van der Waals surface area contributed by atoms with E-state index in [2.05, 4.69) is 14.9 Å². The van der Waals surface area contributed by atoms with Gasteiger partial charge < -0.3 is 9.47 Å². The van der Waals surface area contributed by atoms with E-state index in [0.29, 0.717) is 0 Å². The van der Waals surface area contributed by atoms with Crippen molar-refractivity contribution < 1.29 is 27.5 Å². The van der Waals surface area contributed by atoms with E-state index in [9.17, 15) is 22.8 Å². The van der Waals surface area contributed by atoms with Gasteiger partial charge in [-0.25, -0.2) is 32.4 Å². The van der Waals surface area contributed by atoms with Crippen LogP contribution in [0.15, 0.2) is 34.0 Å². The molecule has 12 heteroatoms.